The maximum absolute atomic E-state index is 13.0. The molecule has 1 fully saturated rings. The summed E-state index contributed by atoms with van der Waals surface area (Å²) >= 11 is 6.18. The van der Waals surface area contributed by atoms with Gasteiger partial charge in [-0.2, -0.15) is 0 Å². The fraction of sp³-hybridized carbons (Fsp3) is 0.278. The molecule has 1 aliphatic heterocycles. The van der Waals surface area contributed by atoms with Crippen molar-refractivity contribution in [1.29, 1.82) is 0 Å². The first-order valence-electron chi connectivity index (χ1n) is 7.95. The number of benzene rings is 2. The minimum Gasteiger partial charge on any atom is -0.382 e. The second kappa shape index (κ2) is 10.6. The quantitative estimate of drug-likeness (QED) is 0.670. The fourth-order valence-corrected chi connectivity index (χ4v) is 2.87. The molecular weight excluding hydrogens is 400 g/mol. The first-order valence-corrected chi connectivity index (χ1v) is 8.33. The van der Waals surface area contributed by atoms with Gasteiger partial charge in [0.1, 0.15) is 5.82 Å². The van der Waals surface area contributed by atoms with Crippen LogP contribution in [-0.4, -0.2) is 25.0 Å². The van der Waals surface area contributed by atoms with Crippen molar-refractivity contribution in [1.82, 2.24) is 5.32 Å². The first-order chi connectivity index (χ1) is 11.6. The lowest BCUT2D eigenvalue weighted by molar-refractivity contribution is 0.102. The molecule has 0 spiro atoms. The van der Waals surface area contributed by atoms with Gasteiger partial charge >= 0.3 is 0 Å². The summed E-state index contributed by atoms with van der Waals surface area (Å²) in [5, 5.41) is 10.0. The van der Waals surface area contributed by atoms with E-state index in [-0.39, 0.29) is 36.5 Å². The molecule has 1 aliphatic rings. The van der Waals surface area contributed by atoms with Crippen LogP contribution < -0.4 is 16.0 Å². The number of carbonyl (C=O) groups excluding carboxylic acids is 1. The highest BCUT2D eigenvalue weighted by atomic mass is 35.5. The summed E-state index contributed by atoms with van der Waals surface area (Å²) in [5.74, 6) is -0.700. The standard InChI is InChI=1S/C18H19ClFN3O.2ClH/c19-16-6-5-15(22-14-7-9-21-10-8-14)11-17(16)23-18(24)12-1-3-13(20)4-2-12;;/h1-6,11,14,21-22H,7-10H2,(H,23,24);2*1H. The van der Waals surface area contributed by atoms with Gasteiger partial charge in [-0.3, -0.25) is 4.79 Å². The molecule has 142 valence electrons. The molecule has 0 aromatic heterocycles. The summed E-state index contributed by atoms with van der Waals surface area (Å²) in [6.07, 6.45) is 2.11. The number of nitrogens with one attached hydrogen (secondary N) is 3. The predicted molar refractivity (Wildman–Crippen MR) is 110 cm³/mol. The highest BCUT2D eigenvalue weighted by molar-refractivity contribution is 6.34. The molecule has 0 saturated carbocycles. The Labute approximate surface area is 169 Å². The van der Waals surface area contributed by atoms with Crippen LogP contribution in [0.4, 0.5) is 15.8 Å². The number of piperidine rings is 1. The highest BCUT2D eigenvalue weighted by Crippen LogP contribution is 2.27. The number of halogens is 4. The van der Waals surface area contributed by atoms with Gasteiger partial charge in [0.05, 0.1) is 10.7 Å². The summed E-state index contributed by atoms with van der Waals surface area (Å²) in [6.45, 7) is 2.00. The van der Waals surface area contributed by atoms with Crippen LogP contribution in [-0.2, 0) is 0 Å². The average Bonchev–Trinajstić information content (AvgIpc) is 2.59. The molecule has 2 aromatic carbocycles. The molecule has 0 atom stereocenters. The third kappa shape index (κ3) is 6.02. The van der Waals surface area contributed by atoms with E-state index in [4.69, 9.17) is 11.6 Å². The Morgan fingerprint density at radius 3 is 2.38 bits per heavy atom. The van der Waals surface area contributed by atoms with Crippen molar-refractivity contribution in [2.75, 3.05) is 23.7 Å². The number of hydrogen-bond donors (Lipinski definition) is 3. The van der Waals surface area contributed by atoms with Crippen LogP contribution in [0.1, 0.15) is 23.2 Å². The number of anilines is 2. The second-order valence-electron chi connectivity index (χ2n) is 5.82. The number of carbonyl (C=O) groups is 1. The van der Waals surface area contributed by atoms with E-state index in [0.29, 0.717) is 22.3 Å². The first kappa shape index (κ1) is 22.5. The van der Waals surface area contributed by atoms with Crippen LogP contribution in [0.15, 0.2) is 42.5 Å². The van der Waals surface area contributed by atoms with Gasteiger partial charge in [0.2, 0.25) is 0 Å². The normalized spacial score (nSPS) is 13.9. The lowest BCUT2D eigenvalue weighted by atomic mass is 10.1. The minimum absolute atomic E-state index is 0. The minimum atomic E-state index is -0.377. The van der Waals surface area contributed by atoms with Crippen molar-refractivity contribution in [2.24, 2.45) is 0 Å². The SMILES string of the molecule is Cl.Cl.O=C(Nc1cc(NC2CCNCC2)ccc1Cl)c1ccc(F)cc1. The summed E-state index contributed by atoms with van der Waals surface area (Å²) in [4.78, 5) is 12.3. The molecule has 2 aromatic rings. The van der Waals surface area contributed by atoms with Crippen LogP contribution in [0.2, 0.25) is 5.02 Å². The van der Waals surface area contributed by atoms with Crippen molar-refractivity contribution in [3.8, 4) is 0 Å². The largest absolute Gasteiger partial charge is 0.382 e. The van der Waals surface area contributed by atoms with Crippen molar-refractivity contribution in [3.05, 3.63) is 58.9 Å². The number of amides is 1. The average molecular weight is 421 g/mol. The van der Waals surface area contributed by atoms with E-state index in [9.17, 15) is 9.18 Å². The van der Waals surface area contributed by atoms with Crippen molar-refractivity contribution < 1.29 is 9.18 Å². The maximum atomic E-state index is 13.0. The molecule has 0 unspecified atom stereocenters. The van der Waals surface area contributed by atoms with Gasteiger partial charge in [-0.1, -0.05) is 11.6 Å². The Morgan fingerprint density at radius 1 is 1.08 bits per heavy atom. The summed E-state index contributed by atoms with van der Waals surface area (Å²) in [6, 6.07) is 11.3. The number of rotatable bonds is 4. The number of hydrogen-bond acceptors (Lipinski definition) is 3. The van der Waals surface area contributed by atoms with Crippen LogP contribution in [0.25, 0.3) is 0 Å². The van der Waals surface area contributed by atoms with E-state index < -0.39 is 0 Å². The van der Waals surface area contributed by atoms with Crippen LogP contribution in [0.5, 0.6) is 0 Å². The predicted octanol–water partition coefficient (Wildman–Crippen LogP) is 4.74. The molecular formula is C18H21Cl3FN3O. The monoisotopic (exact) mass is 419 g/mol. The molecule has 1 saturated heterocycles. The summed E-state index contributed by atoms with van der Waals surface area (Å²) in [7, 11) is 0. The van der Waals surface area contributed by atoms with Gasteiger partial charge in [-0.25, -0.2) is 4.39 Å². The van der Waals surface area contributed by atoms with Crippen molar-refractivity contribution >= 4 is 53.7 Å². The molecule has 1 heterocycles. The van der Waals surface area contributed by atoms with Gasteiger partial charge in [0.25, 0.3) is 5.91 Å². The lowest BCUT2D eigenvalue weighted by Crippen LogP contribution is -2.35. The van der Waals surface area contributed by atoms with E-state index in [1.165, 1.54) is 24.3 Å². The second-order valence-corrected chi connectivity index (χ2v) is 6.23. The highest BCUT2D eigenvalue weighted by Gasteiger charge is 2.14. The van der Waals surface area contributed by atoms with E-state index >= 15 is 0 Å². The molecule has 3 rings (SSSR count). The van der Waals surface area contributed by atoms with Gasteiger partial charge in [-0.05, 0) is 68.4 Å². The zero-order chi connectivity index (χ0) is 16.9. The molecule has 26 heavy (non-hydrogen) atoms. The fourth-order valence-electron chi connectivity index (χ4n) is 2.71. The molecule has 0 radical (unpaired) electrons. The maximum Gasteiger partial charge on any atom is 0.255 e. The van der Waals surface area contributed by atoms with Crippen LogP contribution >= 0.6 is 36.4 Å². The van der Waals surface area contributed by atoms with Crippen molar-refractivity contribution in [3.63, 3.8) is 0 Å². The zero-order valence-corrected chi connectivity index (χ0v) is 16.3. The van der Waals surface area contributed by atoms with Gasteiger partial charge in [0.15, 0.2) is 0 Å². The third-order valence-electron chi connectivity index (χ3n) is 4.03. The third-order valence-corrected chi connectivity index (χ3v) is 4.36. The van der Waals surface area contributed by atoms with Gasteiger partial charge < -0.3 is 16.0 Å². The molecule has 1 amide bonds. The van der Waals surface area contributed by atoms with Gasteiger partial charge in [-0.15, -0.1) is 24.8 Å². The Morgan fingerprint density at radius 2 is 1.73 bits per heavy atom. The summed E-state index contributed by atoms with van der Waals surface area (Å²) in [5.41, 5.74) is 1.83. The van der Waals surface area contributed by atoms with Gasteiger partial charge in [0, 0.05) is 17.3 Å². The zero-order valence-electron chi connectivity index (χ0n) is 13.9. The molecule has 0 aliphatic carbocycles. The topological polar surface area (TPSA) is 53.2 Å². The van der Waals surface area contributed by atoms with Crippen LogP contribution in [0, 0.1) is 5.82 Å². The molecule has 0 bridgehead atoms. The molecule has 8 heteroatoms. The van der Waals surface area contributed by atoms with Crippen molar-refractivity contribution in [2.45, 2.75) is 18.9 Å². The van der Waals surface area contributed by atoms with E-state index in [1.807, 2.05) is 12.1 Å². The van der Waals surface area contributed by atoms with E-state index in [0.717, 1.165) is 31.6 Å². The van der Waals surface area contributed by atoms with Crippen LogP contribution in [0.3, 0.4) is 0 Å². The van der Waals surface area contributed by atoms with E-state index in [1.54, 1.807) is 6.07 Å². The molecule has 3 N–H and O–H groups in total. The Balaban J connectivity index is 0.00000169. The Hall–Kier alpha value is -1.53. The summed E-state index contributed by atoms with van der Waals surface area (Å²) < 4.78 is 13.0. The Bertz CT molecular complexity index is 722. The molecule has 4 nitrogen and oxygen atoms in total. The lowest BCUT2D eigenvalue weighted by Gasteiger charge is -2.25. The van der Waals surface area contributed by atoms with E-state index in [2.05, 4.69) is 16.0 Å². The smallest absolute Gasteiger partial charge is 0.255 e. The Kier molecular flexibility index (Phi) is 9.16.